The number of carbonyl (C=O) groups is 1. The highest BCUT2D eigenvalue weighted by Crippen LogP contribution is 2.43. The van der Waals surface area contributed by atoms with Gasteiger partial charge in [0.05, 0.1) is 22.4 Å². The molecular weight excluding hydrogens is 361 g/mol. The maximum atomic E-state index is 13.3. The minimum Gasteiger partial charge on any atom is -0.310 e. The molecule has 1 aliphatic heterocycles. The number of hydrogen-bond acceptors (Lipinski definition) is 3. The topological polar surface area (TPSA) is 46.9 Å². The first-order valence-electron chi connectivity index (χ1n) is 8.92. The summed E-state index contributed by atoms with van der Waals surface area (Å²) in [6, 6.07) is 14.6. The molecule has 1 atom stereocenters. The maximum Gasteiger partial charge on any atom is 0.235 e. The highest BCUT2D eigenvalue weighted by molar-refractivity contribution is 8.00. The number of amides is 1. The monoisotopic (exact) mass is 381 g/mol. The molecule has 0 saturated heterocycles. The van der Waals surface area contributed by atoms with Gasteiger partial charge in [-0.3, -0.25) is 4.79 Å². The van der Waals surface area contributed by atoms with E-state index in [-0.39, 0.29) is 17.0 Å². The van der Waals surface area contributed by atoms with Gasteiger partial charge in [0.1, 0.15) is 11.6 Å². The zero-order valence-corrected chi connectivity index (χ0v) is 16.0. The van der Waals surface area contributed by atoms with E-state index in [9.17, 15) is 9.18 Å². The Morgan fingerprint density at radius 3 is 2.56 bits per heavy atom. The molecule has 1 N–H and O–H groups in total. The van der Waals surface area contributed by atoms with Crippen LogP contribution in [0.15, 0.2) is 48.5 Å². The fraction of sp³-hybridized carbons (Fsp3) is 0.238. The first-order valence-corrected chi connectivity index (χ1v) is 9.97. The van der Waals surface area contributed by atoms with Crippen molar-refractivity contribution in [3.05, 3.63) is 76.7 Å². The average Bonchev–Trinajstić information content (AvgIpc) is 2.88. The summed E-state index contributed by atoms with van der Waals surface area (Å²) in [5.41, 5.74) is 5.00. The number of rotatable bonds is 3. The Balaban J connectivity index is 1.84. The van der Waals surface area contributed by atoms with E-state index in [1.54, 1.807) is 28.6 Å². The van der Waals surface area contributed by atoms with E-state index in [0.29, 0.717) is 17.3 Å². The standard InChI is InChI=1S/C21H20FN3OS/c1-3-14-4-6-15(7-5-14)20-19-13(2)24-25(17-10-8-16(22)9-11-17)21(19)23-18(26)12-27-20/h4-11,20H,3,12H2,1-2H3,(H,23,26)/t20-/m1/s1. The Hall–Kier alpha value is -2.60. The Bertz CT molecular complexity index is 980. The van der Waals surface area contributed by atoms with E-state index >= 15 is 0 Å². The normalized spacial score (nSPS) is 16.6. The van der Waals surface area contributed by atoms with Crippen LogP contribution in [0, 0.1) is 12.7 Å². The van der Waals surface area contributed by atoms with Crippen LogP contribution in [0.2, 0.25) is 0 Å². The van der Waals surface area contributed by atoms with Crippen LogP contribution in [0.25, 0.3) is 5.69 Å². The van der Waals surface area contributed by atoms with Crippen LogP contribution < -0.4 is 5.32 Å². The summed E-state index contributed by atoms with van der Waals surface area (Å²) in [5.74, 6) is 0.677. The Kier molecular flexibility index (Phi) is 4.74. The number of fused-ring (bicyclic) bond motifs is 1. The van der Waals surface area contributed by atoms with Gasteiger partial charge in [0.15, 0.2) is 0 Å². The zero-order valence-electron chi connectivity index (χ0n) is 15.2. The van der Waals surface area contributed by atoms with E-state index in [2.05, 4.69) is 41.6 Å². The van der Waals surface area contributed by atoms with Crippen molar-refractivity contribution in [3.63, 3.8) is 0 Å². The molecule has 138 valence electrons. The molecular formula is C21H20FN3OS. The molecule has 0 unspecified atom stereocenters. The van der Waals surface area contributed by atoms with Crippen molar-refractivity contribution in [2.24, 2.45) is 0 Å². The second kappa shape index (κ2) is 7.19. The van der Waals surface area contributed by atoms with Gasteiger partial charge in [-0.05, 0) is 48.7 Å². The third kappa shape index (κ3) is 3.37. The van der Waals surface area contributed by atoms with Gasteiger partial charge in [-0.15, -0.1) is 11.8 Å². The van der Waals surface area contributed by atoms with Gasteiger partial charge < -0.3 is 5.32 Å². The van der Waals surface area contributed by atoms with Crippen LogP contribution in [0.1, 0.15) is 34.6 Å². The van der Waals surface area contributed by atoms with Crippen molar-refractivity contribution in [3.8, 4) is 5.69 Å². The van der Waals surface area contributed by atoms with Gasteiger partial charge in [0, 0.05) is 5.56 Å². The lowest BCUT2D eigenvalue weighted by Gasteiger charge is -2.16. The molecule has 4 rings (SSSR count). The lowest BCUT2D eigenvalue weighted by Crippen LogP contribution is -2.15. The summed E-state index contributed by atoms with van der Waals surface area (Å²) in [4.78, 5) is 12.3. The van der Waals surface area contributed by atoms with Crippen molar-refractivity contribution in [1.29, 1.82) is 0 Å². The van der Waals surface area contributed by atoms with Crippen LogP contribution in [0.4, 0.5) is 10.2 Å². The molecule has 6 heteroatoms. The molecule has 1 aliphatic rings. The smallest absolute Gasteiger partial charge is 0.235 e. The van der Waals surface area contributed by atoms with Crippen LogP contribution in [-0.2, 0) is 11.2 Å². The number of nitrogens with zero attached hydrogens (tertiary/aromatic N) is 2. The molecule has 2 aromatic carbocycles. The summed E-state index contributed by atoms with van der Waals surface area (Å²) in [7, 11) is 0. The SMILES string of the molecule is CCc1ccc([C@H]2SCC(=O)Nc3c2c(C)nn3-c2ccc(F)cc2)cc1. The lowest BCUT2D eigenvalue weighted by atomic mass is 10.0. The van der Waals surface area contributed by atoms with E-state index in [4.69, 9.17) is 0 Å². The predicted molar refractivity (Wildman–Crippen MR) is 107 cm³/mol. The van der Waals surface area contributed by atoms with Crippen molar-refractivity contribution in [1.82, 2.24) is 9.78 Å². The molecule has 0 saturated carbocycles. The van der Waals surface area contributed by atoms with Crippen LogP contribution in [0.3, 0.4) is 0 Å². The number of aryl methyl sites for hydroxylation is 2. The summed E-state index contributed by atoms with van der Waals surface area (Å²) in [5, 5.41) is 7.65. The number of aromatic nitrogens is 2. The molecule has 4 nitrogen and oxygen atoms in total. The van der Waals surface area contributed by atoms with Crippen LogP contribution in [0.5, 0.6) is 0 Å². The molecule has 27 heavy (non-hydrogen) atoms. The second-order valence-corrected chi connectivity index (χ2v) is 7.66. The molecule has 0 spiro atoms. The van der Waals surface area contributed by atoms with E-state index < -0.39 is 0 Å². The minimum absolute atomic E-state index is 0.0130. The average molecular weight is 381 g/mol. The van der Waals surface area contributed by atoms with Gasteiger partial charge in [0.25, 0.3) is 0 Å². The van der Waals surface area contributed by atoms with Crippen LogP contribution >= 0.6 is 11.8 Å². The zero-order chi connectivity index (χ0) is 19.0. The molecule has 2 heterocycles. The van der Waals surface area contributed by atoms with Gasteiger partial charge in [-0.2, -0.15) is 5.10 Å². The minimum atomic E-state index is -0.304. The Morgan fingerprint density at radius 1 is 1.19 bits per heavy atom. The quantitative estimate of drug-likeness (QED) is 0.718. The molecule has 0 bridgehead atoms. The van der Waals surface area contributed by atoms with E-state index in [0.717, 1.165) is 23.2 Å². The number of halogens is 1. The predicted octanol–water partition coefficient (Wildman–Crippen LogP) is 4.66. The number of nitrogens with one attached hydrogen (secondary N) is 1. The molecule has 1 amide bonds. The molecule has 0 aliphatic carbocycles. The highest BCUT2D eigenvalue weighted by Gasteiger charge is 2.30. The largest absolute Gasteiger partial charge is 0.310 e. The summed E-state index contributed by atoms with van der Waals surface area (Å²) >= 11 is 1.60. The first-order chi connectivity index (χ1) is 13.1. The Morgan fingerprint density at radius 2 is 1.89 bits per heavy atom. The second-order valence-electron chi connectivity index (χ2n) is 6.57. The van der Waals surface area contributed by atoms with Gasteiger partial charge >= 0.3 is 0 Å². The highest BCUT2D eigenvalue weighted by atomic mass is 32.2. The molecule has 0 radical (unpaired) electrons. The summed E-state index contributed by atoms with van der Waals surface area (Å²) in [6.45, 7) is 4.08. The number of anilines is 1. The van der Waals surface area contributed by atoms with Crippen molar-refractivity contribution in [2.75, 3.05) is 11.1 Å². The van der Waals surface area contributed by atoms with Gasteiger partial charge in [-0.1, -0.05) is 31.2 Å². The number of carbonyl (C=O) groups excluding carboxylic acids is 1. The third-order valence-electron chi connectivity index (χ3n) is 4.77. The van der Waals surface area contributed by atoms with Gasteiger partial charge in [0.2, 0.25) is 5.91 Å². The van der Waals surface area contributed by atoms with Crippen molar-refractivity contribution < 1.29 is 9.18 Å². The van der Waals surface area contributed by atoms with E-state index in [1.807, 2.05) is 6.92 Å². The summed E-state index contributed by atoms with van der Waals surface area (Å²) in [6.07, 6.45) is 0.991. The number of benzene rings is 2. The third-order valence-corrected chi connectivity index (χ3v) is 6.04. The van der Waals surface area contributed by atoms with Gasteiger partial charge in [-0.25, -0.2) is 9.07 Å². The van der Waals surface area contributed by atoms with Crippen molar-refractivity contribution >= 4 is 23.5 Å². The maximum absolute atomic E-state index is 13.3. The lowest BCUT2D eigenvalue weighted by molar-refractivity contribution is -0.113. The Labute approximate surface area is 161 Å². The van der Waals surface area contributed by atoms with E-state index in [1.165, 1.54) is 17.7 Å². The number of thioether (sulfide) groups is 1. The van der Waals surface area contributed by atoms with Crippen molar-refractivity contribution in [2.45, 2.75) is 25.5 Å². The summed E-state index contributed by atoms with van der Waals surface area (Å²) < 4.78 is 15.0. The first kappa shape index (κ1) is 17.8. The molecule has 3 aromatic rings. The fourth-order valence-electron chi connectivity index (χ4n) is 3.34. The fourth-order valence-corrected chi connectivity index (χ4v) is 4.53. The van der Waals surface area contributed by atoms with Crippen LogP contribution in [-0.4, -0.2) is 21.4 Å². The number of hydrogen-bond donors (Lipinski definition) is 1. The molecule has 0 fully saturated rings. The molecule has 1 aromatic heterocycles.